The molecule has 0 heterocycles. The van der Waals surface area contributed by atoms with Gasteiger partial charge in [0.2, 0.25) is 5.91 Å². The molecule has 0 fully saturated rings. The summed E-state index contributed by atoms with van der Waals surface area (Å²) in [5.41, 5.74) is 3.01. The van der Waals surface area contributed by atoms with Crippen LogP contribution in [-0.2, 0) is 4.79 Å². The lowest BCUT2D eigenvalue weighted by Gasteiger charge is -2.16. The maximum Gasteiger partial charge on any atom is 0.224 e. The summed E-state index contributed by atoms with van der Waals surface area (Å²) in [6, 6.07) is 11.8. The van der Waals surface area contributed by atoms with Gasteiger partial charge in [-0.25, -0.2) is 4.39 Å². The molecule has 0 atom stereocenters. The van der Waals surface area contributed by atoms with E-state index in [1.54, 1.807) is 12.1 Å². The number of anilines is 2. The van der Waals surface area contributed by atoms with Crippen molar-refractivity contribution in [3.8, 4) is 5.75 Å². The van der Waals surface area contributed by atoms with E-state index in [1.807, 2.05) is 44.1 Å². The lowest BCUT2D eigenvalue weighted by Crippen LogP contribution is -2.14. The van der Waals surface area contributed by atoms with Crippen molar-refractivity contribution in [2.24, 2.45) is 0 Å². The number of hydrogen-bond donors (Lipinski definition) is 1. The van der Waals surface area contributed by atoms with E-state index in [0.717, 1.165) is 16.9 Å². The fraction of sp³-hybridized carbons (Fsp3) is 0.316. The van der Waals surface area contributed by atoms with E-state index >= 15 is 0 Å². The van der Waals surface area contributed by atoms with Crippen molar-refractivity contribution in [1.29, 1.82) is 0 Å². The highest BCUT2D eigenvalue weighted by molar-refractivity contribution is 5.91. The summed E-state index contributed by atoms with van der Waals surface area (Å²) in [5, 5.41) is 2.88. The molecular formula is C19H23FN2O2. The molecule has 128 valence electrons. The third-order valence-corrected chi connectivity index (χ3v) is 3.58. The Morgan fingerprint density at radius 2 is 2.00 bits per heavy atom. The average Bonchev–Trinajstić information content (AvgIpc) is 2.51. The molecule has 0 unspecified atom stereocenters. The van der Waals surface area contributed by atoms with Crippen LogP contribution in [0.15, 0.2) is 42.5 Å². The third kappa shape index (κ3) is 5.26. The van der Waals surface area contributed by atoms with Crippen molar-refractivity contribution in [2.75, 3.05) is 30.9 Å². The van der Waals surface area contributed by atoms with E-state index in [-0.39, 0.29) is 11.7 Å². The number of halogens is 1. The molecule has 2 rings (SSSR count). The van der Waals surface area contributed by atoms with Crippen LogP contribution in [0.5, 0.6) is 5.75 Å². The molecule has 0 radical (unpaired) electrons. The van der Waals surface area contributed by atoms with Crippen molar-refractivity contribution in [3.63, 3.8) is 0 Å². The van der Waals surface area contributed by atoms with Gasteiger partial charge in [-0.15, -0.1) is 0 Å². The Morgan fingerprint density at radius 1 is 1.21 bits per heavy atom. The predicted molar refractivity (Wildman–Crippen MR) is 95.3 cm³/mol. The van der Waals surface area contributed by atoms with Gasteiger partial charge >= 0.3 is 0 Å². The van der Waals surface area contributed by atoms with Crippen LogP contribution in [0, 0.1) is 12.7 Å². The molecule has 2 aromatic rings. The van der Waals surface area contributed by atoms with Crippen LogP contribution in [0.1, 0.15) is 18.4 Å². The van der Waals surface area contributed by atoms with Crippen molar-refractivity contribution in [2.45, 2.75) is 19.8 Å². The zero-order chi connectivity index (χ0) is 17.5. The number of benzene rings is 2. The monoisotopic (exact) mass is 330 g/mol. The summed E-state index contributed by atoms with van der Waals surface area (Å²) in [4.78, 5) is 14.0. The first kappa shape index (κ1) is 17.8. The first-order valence-corrected chi connectivity index (χ1v) is 7.92. The lowest BCUT2D eigenvalue weighted by atomic mass is 10.1. The highest BCUT2D eigenvalue weighted by atomic mass is 19.1. The fourth-order valence-corrected chi connectivity index (χ4v) is 2.44. The summed E-state index contributed by atoms with van der Waals surface area (Å²) in [6.45, 7) is 2.38. The number of carbonyl (C=O) groups is 1. The average molecular weight is 330 g/mol. The molecule has 5 heteroatoms. The first-order chi connectivity index (χ1) is 11.5. The molecule has 0 aliphatic heterocycles. The van der Waals surface area contributed by atoms with E-state index in [1.165, 1.54) is 12.1 Å². The first-order valence-electron chi connectivity index (χ1n) is 7.92. The lowest BCUT2D eigenvalue weighted by molar-refractivity contribution is -0.116. The molecule has 0 aromatic heterocycles. The van der Waals surface area contributed by atoms with Gasteiger partial charge in [0.25, 0.3) is 0 Å². The molecule has 0 bridgehead atoms. The van der Waals surface area contributed by atoms with E-state index in [2.05, 4.69) is 5.32 Å². The highest BCUT2D eigenvalue weighted by Gasteiger charge is 2.06. The van der Waals surface area contributed by atoms with E-state index in [0.29, 0.717) is 25.2 Å². The van der Waals surface area contributed by atoms with Gasteiger partial charge < -0.3 is 15.0 Å². The van der Waals surface area contributed by atoms with Crippen molar-refractivity contribution in [1.82, 2.24) is 0 Å². The fourth-order valence-electron chi connectivity index (χ4n) is 2.44. The standard InChI is InChI=1S/C19H23FN2O2/c1-14-12-16(9-10-18(14)22(2)3)21-19(23)8-5-11-24-17-7-4-6-15(20)13-17/h4,6-7,9-10,12-13H,5,8,11H2,1-3H3,(H,21,23). The number of hydrogen-bond acceptors (Lipinski definition) is 3. The third-order valence-electron chi connectivity index (χ3n) is 3.58. The summed E-state index contributed by atoms with van der Waals surface area (Å²) < 4.78 is 18.4. The van der Waals surface area contributed by atoms with E-state index < -0.39 is 0 Å². The van der Waals surface area contributed by atoms with Gasteiger partial charge in [-0.05, 0) is 49.2 Å². The maximum absolute atomic E-state index is 13.0. The van der Waals surface area contributed by atoms with Crippen LogP contribution in [-0.4, -0.2) is 26.6 Å². The van der Waals surface area contributed by atoms with Crippen LogP contribution in [0.3, 0.4) is 0 Å². The molecule has 0 spiro atoms. The van der Waals surface area contributed by atoms with Crippen molar-refractivity contribution < 1.29 is 13.9 Å². The second-order valence-corrected chi connectivity index (χ2v) is 5.85. The number of amides is 1. The second-order valence-electron chi connectivity index (χ2n) is 5.85. The Balaban J connectivity index is 1.76. The zero-order valence-electron chi connectivity index (χ0n) is 14.3. The minimum Gasteiger partial charge on any atom is -0.493 e. The highest BCUT2D eigenvalue weighted by Crippen LogP contribution is 2.22. The Hall–Kier alpha value is -2.56. The molecule has 1 amide bonds. The van der Waals surface area contributed by atoms with Gasteiger partial charge in [0.05, 0.1) is 6.61 Å². The van der Waals surface area contributed by atoms with Gasteiger partial charge in [-0.1, -0.05) is 6.07 Å². The SMILES string of the molecule is Cc1cc(NC(=O)CCCOc2cccc(F)c2)ccc1N(C)C. The summed E-state index contributed by atoms with van der Waals surface area (Å²) >= 11 is 0. The van der Waals surface area contributed by atoms with Crippen molar-refractivity contribution >= 4 is 17.3 Å². The van der Waals surface area contributed by atoms with Crippen LogP contribution in [0.2, 0.25) is 0 Å². The van der Waals surface area contributed by atoms with Gasteiger partial charge in [0, 0.05) is 38.0 Å². The van der Waals surface area contributed by atoms with Gasteiger partial charge in [0.1, 0.15) is 11.6 Å². The number of aryl methyl sites for hydroxylation is 1. The number of nitrogens with zero attached hydrogens (tertiary/aromatic N) is 1. The molecule has 0 saturated carbocycles. The summed E-state index contributed by atoms with van der Waals surface area (Å²) in [6.07, 6.45) is 0.918. The molecule has 4 nitrogen and oxygen atoms in total. The number of carbonyl (C=O) groups excluding carboxylic acids is 1. The molecule has 1 N–H and O–H groups in total. The van der Waals surface area contributed by atoms with Gasteiger partial charge in [-0.2, -0.15) is 0 Å². The topological polar surface area (TPSA) is 41.6 Å². The van der Waals surface area contributed by atoms with E-state index in [4.69, 9.17) is 4.74 Å². The summed E-state index contributed by atoms with van der Waals surface area (Å²) in [7, 11) is 3.97. The zero-order valence-corrected chi connectivity index (χ0v) is 14.3. The molecule has 2 aromatic carbocycles. The number of nitrogens with one attached hydrogen (secondary N) is 1. The van der Waals surface area contributed by atoms with Gasteiger partial charge in [0.15, 0.2) is 0 Å². The number of ether oxygens (including phenoxy) is 1. The molecule has 0 aliphatic rings. The molecule has 0 saturated heterocycles. The smallest absolute Gasteiger partial charge is 0.224 e. The Labute approximate surface area is 142 Å². The minimum absolute atomic E-state index is 0.0603. The normalized spacial score (nSPS) is 10.3. The minimum atomic E-state index is -0.332. The Morgan fingerprint density at radius 3 is 2.67 bits per heavy atom. The number of rotatable bonds is 7. The van der Waals surface area contributed by atoms with Crippen LogP contribution >= 0.6 is 0 Å². The summed E-state index contributed by atoms with van der Waals surface area (Å²) in [5.74, 6) is 0.0851. The van der Waals surface area contributed by atoms with Crippen LogP contribution in [0.4, 0.5) is 15.8 Å². The van der Waals surface area contributed by atoms with E-state index in [9.17, 15) is 9.18 Å². The maximum atomic E-state index is 13.0. The van der Waals surface area contributed by atoms with Crippen LogP contribution in [0.25, 0.3) is 0 Å². The van der Waals surface area contributed by atoms with Gasteiger partial charge in [-0.3, -0.25) is 4.79 Å². The molecular weight excluding hydrogens is 307 g/mol. The van der Waals surface area contributed by atoms with Crippen LogP contribution < -0.4 is 15.0 Å². The Bertz CT molecular complexity index is 702. The quantitative estimate of drug-likeness (QED) is 0.780. The molecule has 0 aliphatic carbocycles. The molecule has 24 heavy (non-hydrogen) atoms. The largest absolute Gasteiger partial charge is 0.493 e. The predicted octanol–water partition coefficient (Wildman–Crippen LogP) is 4.00. The van der Waals surface area contributed by atoms with Crippen molar-refractivity contribution in [3.05, 3.63) is 53.8 Å². The second kappa shape index (κ2) is 8.34. The Kier molecular flexibility index (Phi) is 6.18.